The number of anilines is 1. The maximum atomic E-state index is 12.1. The lowest BCUT2D eigenvalue weighted by Crippen LogP contribution is -2.34. The minimum Gasteiger partial charge on any atom is -0.409 e. The average molecular weight is 305 g/mol. The first kappa shape index (κ1) is 16.6. The minimum absolute atomic E-state index is 0.103. The van der Waals surface area contributed by atoms with Crippen LogP contribution in [0.5, 0.6) is 5.75 Å². The molecule has 0 aliphatic rings. The van der Waals surface area contributed by atoms with Gasteiger partial charge in [-0.05, 0) is 18.6 Å². The number of alkyl halides is 3. The number of hydrogen-bond donors (Lipinski definition) is 3. The van der Waals surface area contributed by atoms with Gasteiger partial charge in [0.05, 0.1) is 5.92 Å². The van der Waals surface area contributed by atoms with Crippen LogP contribution in [0.4, 0.5) is 18.9 Å². The molecule has 1 rings (SSSR count). The quantitative estimate of drug-likeness (QED) is 0.336. The van der Waals surface area contributed by atoms with Gasteiger partial charge < -0.3 is 21.0 Å². The van der Waals surface area contributed by atoms with Crippen LogP contribution >= 0.6 is 0 Å². The Morgan fingerprint density at radius 1 is 1.52 bits per heavy atom. The van der Waals surface area contributed by atoms with Crippen molar-refractivity contribution in [2.75, 3.05) is 5.32 Å². The van der Waals surface area contributed by atoms with Gasteiger partial charge >= 0.3 is 6.36 Å². The Bertz CT molecular complexity index is 532. The molecule has 21 heavy (non-hydrogen) atoms. The zero-order valence-electron chi connectivity index (χ0n) is 11.0. The summed E-state index contributed by atoms with van der Waals surface area (Å²) in [5, 5.41) is 13.7. The number of benzene rings is 1. The van der Waals surface area contributed by atoms with Crippen LogP contribution in [-0.2, 0) is 4.79 Å². The van der Waals surface area contributed by atoms with Crippen molar-refractivity contribution in [3.05, 3.63) is 24.3 Å². The van der Waals surface area contributed by atoms with Gasteiger partial charge in [0.2, 0.25) is 5.91 Å². The molecule has 1 unspecified atom stereocenters. The molecule has 116 valence electrons. The first-order valence-electron chi connectivity index (χ1n) is 5.91. The van der Waals surface area contributed by atoms with Crippen molar-refractivity contribution in [3.63, 3.8) is 0 Å². The molecule has 0 aliphatic heterocycles. The fourth-order valence-corrected chi connectivity index (χ4v) is 1.60. The number of hydrogen-bond acceptors (Lipinski definition) is 4. The monoisotopic (exact) mass is 305 g/mol. The Hall–Kier alpha value is -2.45. The fourth-order valence-electron chi connectivity index (χ4n) is 1.60. The number of halogens is 3. The van der Waals surface area contributed by atoms with Crippen LogP contribution in [0.3, 0.4) is 0 Å². The molecular formula is C12H14F3N3O3. The SMILES string of the molecule is CCC(C(=O)Nc1cccc(OC(F)(F)F)c1)C(N)=NO. The van der Waals surface area contributed by atoms with E-state index in [-0.39, 0.29) is 17.9 Å². The van der Waals surface area contributed by atoms with E-state index in [2.05, 4.69) is 15.2 Å². The summed E-state index contributed by atoms with van der Waals surface area (Å²) in [5.74, 6) is -2.23. The van der Waals surface area contributed by atoms with E-state index < -0.39 is 23.9 Å². The van der Waals surface area contributed by atoms with Gasteiger partial charge in [-0.2, -0.15) is 0 Å². The van der Waals surface area contributed by atoms with E-state index in [1.165, 1.54) is 12.1 Å². The number of nitrogens with zero attached hydrogens (tertiary/aromatic N) is 1. The summed E-state index contributed by atoms with van der Waals surface area (Å²) in [6.45, 7) is 1.64. The summed E-state index contributed by atoms with van der Waals surface area (Å²) < 4.78 is 40.0. The molecule has 0 bridgehead atoms. The second kappa shape index (κ2) is 6.82. The molecule has 0 heterocycles. The number of amidine groups is 1. The van der Waals surface area contributed by atoms with Crippen LogP contribution in [0.1, 0.15) is 13.3 Å². The van der Waals surface area contributed by atoms with Gasteiger partial charge in [0.25, 0.3) is 0 Å². The number of nitrogens with two attached hydrogens (primary N) is 1. The highest BCUT2D eigenvalue weighted by Crippen LogP contribution is 2.25. The minimum atomic E-state index is -4.82. The molecule has 0 aromatic heterocycles. The molecule has 1 amide bonds. The number of nitrogens with one attached hydrogen (secondary N) is 1. The summed E-state index contributed by atoms with van der Waals surface area (Å²) in [4.78, 5) is 11.9. The maximum absolute atomic E-state index is 12.1. The Morgan fingerprint density at radius 2 is 2.19 bits per heavy atom. The topological polar surface area (TPSA) is 96.9 Å². The second-order valence-electron chi connectivity index (χ2n) is 4.05. The van der Waals surface area contributed by atoms with Gasteiger partial charge in [0.1, 0.15) is 5.75 Å². The molecule has 0 saturated carbocycles. The summed E-state index contributed by atoms with van der Waals surface area (Å²) in [6.07, 6.45) is -4.55. The number of rotatable bonds is 5. The average Bonchev–Trinajstić information content (AvgIpc) is 2.37. The molecule has 0 radical (unpaired) electrons. The lowest BCUT2D eigenvalue weighted by Gasteiger charge is -2.14. The van der Waals surface area contributed by atoms with Crippen molar-refractivity contribution in [2.24, 2.45) is 16.8 Å². The third kappa shape index (κ3) is 5.21. The number of carbonyl (C=O) groups excluding carboxylic acids is 1. The molecule has 0 aliphatic carbocycles. The van der Waals surface area contributed by atoms with Gasteiger partial charge in [-0.15, -0.1) is 13.2 Å². The van der Waals surface area contributed by atoms with Crippen LogP contribution < -0.4 is 15.8 Å². The predicted octanol–water partition coefficient (Wildman–Crippen LogP) is 2.30. The zero-order chi connectivity index (χ0) is 16.0. The molecule has 0 saturated heterocycles. The zero-order valence-corrected chi connectivity index (χ0v) is 11.0. The Kier molecular flexibility index (Phi) is 5.39. The van der Waals surface area contributed by atoms with E-state index >= 15 is 0 Å². The summed E-state index contributed by atoms with van der Waals surface area (Å²) in [7, 11) is 0. The summed E-state index contributed by atoms with van der Waals surface area (Å²) >= 11 is 0. The Balaban J connectivity index is 2.83. The number of oxime groups is 1. The normalized spacial score (nSPS) is 13.6. The highest BCUT2D eigenvalue weighted by Gasteiger charge is 2.31. The standard InChI is InChI=1S/C12H14F3N3O3/c1-2-9(10(16)18-20)11(19)17-7-4-3-5-8(6-7)21-12(13,14)15/h3-6,9,20H,2H2,1H3,(H2,16,18)(H,17,19). The smallest absolute Gasteiger partial charge is 0.409 e. The predicted molar refractivity (Wildman–Crippen MR) is 68.9 cm³/mol. The van der Waals surface area contributed by atoms with E-state index in [9.17, 15) is 18.0 Å². The van der Waals surface area contributed by atoms with E-state index in [1.54, 1.807) is 6.92 Å². The van der Waals surface area contributed by atoms with Gasteiger partial charge in [-0.25, -0.2) is 0 Å². The molecular weight excluding hydrogens is 291 g/mol. The van der Waals surface area contributed by atoms with Crippen LogP contribution in [0.15, 0.2) is 29.4 Å². The number of ether oxygens (including phenoxy) is 1. The van der Waals surface area contributed by atoms with E-state index in [0.29, 0.717) is 0 Å². The Morgan fingerprint density at radius 3 is 2.71 bits per heavy atom. The van der Waals surface area contributed by atoms with Crippen molar-refractivity contribution in [2.45, 2.75) is 19.7 Å². The van der Waals surface area contributed by atoms with Crippen molar-refractivity contribution in [3.8, 4) is 5.75 Å². The molecule has 4 N–H and O–H groups in total. The largest absolute Gasteiger partial charge is 0.573 e. The molecule has 0 spiro atoms. The number of amides is 1. The van der Waals surface area contributed by atoms with Crippen LogP contribution in [-0.4, -0.2) is 23.3 Å². The van der Waals surface area contributed by atoms with Crippen molar-refractivity contribution in [1.29, 1.82) is 0 Å². The van der Waals surface area contributed by atoms with Gasteiger partial charge in [-0.3, -0.25) is 4.79 Å². The van der Waals surface area contributed by atoms with Crippen LogP contribution in [0.2, 0.25) is 0 Å². The van der Waals surface area contributed by atoms with Crippen molar-refractivity contribution < 1.29 is 27.9 Å². The molecule has 1 aromatic rings. The fraction of sp³-hybridized carbons (Fsp3) is 0.333. The summed E-state index contributed by atoms with van der Waals surface area (Å²) in [5.41, 5.74) is 5.46. The van der Waals surface area contributed by atoms with E-state index in [1.807, 2.05) is 0 Å². The van der Waals surface area contributed by atoms with Crippen LogP contribution in [0.25, 0.3) is 0 Å². The first-order valence-corrected chi connectivity index (χ1v) is 5.91. The van der Waals surface area contributed by atoms with Crippen molar-refractivity contribution in [1.82, 2.24) is 0 Å². The van der Waals surface area contributed by atoms with Crippen LogP contribution in [0, 0.1) is 5.92 Å². The maximum Gasteiger partial charge on any atom is 0.573 e. The second-order valence-corrected chi connectivity index (χ2v) is 4.05. The van der Waals surface area contributed by atoms with Gasteiger partial charge in [-0.1, -0.05) is 18.1 Å². The molecule has 9 heteroatoms. The molecule has 1 aromatic carbocycles. The summed E-state index contributed by atoms with van der Waals surface area (Å²) in [6, 6.07) is 4.80. The van der Waals surface area contributed by atoms with Gasteiger partial charge in [0.15, 0.2) is 5.84 Å². The third-order valence-electron chi connectivity index (χ3n) is 2.53. The lowest BCUT2D eigenvalue weighted by atomic mass is 10.0. The Labute approximate surface area is 118 Å². The third-order valence-corrected chi connectivity index (χ3v) is 2.53. The lowest BCUT2D eigenvalue weighted by molar-refractivity contribution is -0.274. The van der Waals surface area contributed by atoms with Gasteiger partial charge in [0, 0.05) is 11.8 Å². The molecule has 0 fully saturated rings. The number of carbonyl (C=O) groups is 1. The van der Waals surface area contributed by atoms with E-state index in [4.69, 9.17) is 10.9 Å². The van der Waals surface area contributed by atoms with Crippen molar-refractivity contribution >= 4 is 17.4 Å². The first-order chi connectivity index (χ1) is 9.76. The van der Waals surface area contributed by atoms with E-state index in [0.717, 1.165) is 12.1 Å². The highest BCUT2D eigenvalue weighted by molar-refractivity contribution is 6.07. The molecule has 1 atom stereocenters. The molecule has 6 nitrogen and oxygen atoms in total. The highest BCUT2D eigenvalue weighted by atomic mass is 19.4.